The number of aromatic nitrogens is 3. The van der Waals surface area contributed by atoms with Crippen LogP contribution in [0.4, 0.5) is 11.6 Å². The van der Waals surface area contributed by atoms with Crippen LogP contribution in [-0.4, -0.2) is 26.1 Å². The number of fused-ring (bicyclic) bond motifs is 1. The molecule has 5 N–H and O–H groups in total. The van der Waals surface area contributed by atoms with Gasteiger partial charge in [-0.1, -0.05) is 18.7 Å². The SMILES string of the molecule is CCCC(=O)Nc1ccc(Sc2cc3nccn3c(/N=C(N)/C=C(/C)N)n2)cc1. The first-order valence-electron chi connectivity index (χ1n) is 9.14. The highest BCUT2D eigenvalue weighted by atomic mass is 32.2. The van der Waals surface area contributed by atoms with E-state index in [-0.39, 0.29) is 11.7 Å². The van der Waals surface area contributed by atoms with E-state index >= 15 is 0 Å². The molecule has 0 saturated heterocycles. The van der Waals surface area contributed by atoms with Gasteiger partial charge in [0, 0.05) is 41.2 Å². The fourth-order valence-corrected chi connectivity index (χ4v) is 3.38. The van der Waals surface area contributed by atoms with Crippen LogP contribution in [0.3, 0.4) is 0 Å². The molecular weight excluding hydrogens is 386 g/mol. The second-order valence-electron chi connectivity index (χ2n) is 6.40. The molecule has 0 atom stereocenters. The normalized spacial score (nSPS) is 12.3. The first-order valence-corrected chi connectivity index (χ1v) is 9.96. The average Bonchev–Trinajstić information content (AvgIpc) is 3.12. The molecule has 29 heavy (non-hydrogen) atoms. The van der Waals surface area contributed by atoms with E-state index in [2.05, 4.69) is 20.3 Å². The molecule has 0 aliphatic heterocycles. The van der Waals surface area contributed by atoms with Gasteiger partial charge in [0.1, 0.15) is 16.5 Å². The van der Waals surface area contributed by atoms with E-state index in [1.807, 2.05) is 37.3 Å². The molecule has 3 aromatic rings. The predicted octanol–water partition coefficient (Wildman–Crippen LogP) is 3.47. The molecule has 0 radical (unpaired) electrons. The number of aliphatic imine (C=N–C) groups is 1. The Morgan fingerprint density at radius 3 is 2.76 bits per heavy atom. The minimum absolute atomic E-state index is 0.0150. The maximum atomic E-state index is 11.7. The zero-order valence-electron chi connectivity index (χ0n) is 16.3. The average molecular weight is 410 g/mol. The van der Waals surface area contributed by atoms with Gasteiger partial charge in [0.15, 0.2) is 0 Å². The summed E-state index contributed by atoms with van der Waals surface area (Å²) in [5.74, 6) is 0.698. The van der Waals surface area contributed by atoms with Gasteiger partial charge in [0.25, 0.3) is 0 Å². The Kier molecular flexibility index (Phi) is 6.50. The molecular formula is C20H23N7OS. The lowest BCUT2D eigenvalue weighted by Gasteiger charge is -2.07. The number of imidazole rings is 1. The maximum absolute atomic E-state index is 11.7. The number of allylic oxidation sites excluding steroid dienone is 1. The minimum atomic E-state index is 0.0150. The third-order valence-corrected chi connectivity index (χ3v) is 4.72. The lowest BCUT2D eigenvalue weighted by molar-refractivity contribution is -0.116. The molecule has 3 rings (SSSR count). The van der Waals surface area contributed by atoms with Gasteiger partial charge < -0.3 is 16.8 Å². The van der Waals surface area contributed by atoms with Crippen molar-refractivity contribution in [2.75, 3.05) is 5.32 Å². The highest BCUT2D eigenvalue weighted by molar-refractivity contribution is 7.99. The van der Waals surface area contributed by atoms with Crippen molar-refractivity contribution in [3.8, 4) is 0 Å². The molecule has 0 aliphatic rings. The fraction of sp³-hybridized carbons (Fsp3) is 0.200. The van der Waals surface area contributed by atoms with Gasteiger partial charge in [-0.2, -0.15) is 4.99 Å². The third-order valence-electron chi connectivity index (χ3n) is 3.79. The lowest BCUT2D eigenvalue weighted by atomic mass is 10.3. The van der Waals surface area contributed by atoms with Gasteiger partial charge in [-0.05, 0) is 43.7 Å². The number of carbonyl (C=O) groups excluding carboxylic acids is 1. The largest absolute Gasteiger partial charge is 0.402 e. The van der Waals surface area contributed by atoms with Crippen molar-refractivity contribution in [1.29, 1.82) is 0 Å². The number of hydrogen-bond acceptors (Lipinski definition) is 6. The van der Waals surface area contributed by atoms with E-state index < -0.39 is 0 Å². The summed E-state index contributed by atoms with van der Waals surface area (Å²) >= 11 is 1.47. The molecule has 0 fully saturated rings. The molecule has 1 aromatic carbocycles. The number of benzene rings is 1. The zero-order valence-corrected chi connectivity index (χ0v) is 17.1. The molecule has 8 nitrogen and oxygen atoms in total. The van der Waals surface area contributed by atoms with E-state index in [1.165, 1.54) is 11.8 Å². The molecule has 0 bridgehead atoms. The number of amides is 1. The van der Waals surface area contributed by atoms with E-state index in [0.29, 0.717) is 23.7 Å². The molecule has 150 valence electrons. The smallest absolute Gasteiger partial charge is 0.238 e. The van der Waals surface area contributed by atoms with Gasteiger partial charge in [0.2, 0.25) is 11.9 Å². The summed E-state index contributed by atoms with van der Waals surface area (Å²) in [6.07, 6.45) is 6.36. The zero-order chi connectivity index (χ0) is 20.8. The van der Waals surface area contributed by atoms with Crippen LogP contribution in [-0.2, 0) is 4.79 Å². The number of amidine groups is 1. The van der Waals surface area contributed by atoms with E-state index in [9.17, 15) is 4.79 Å². The molecule has 0 aliphatic carbocycles. The molecule has 1 amide bonds. The van der Waals surface area contributed by atoms with Gasteiger partial charge >= 0.3 is 0 Å². The molecule has 2 heterocycles. The highest BCUT2D eigenvalue weighted by Crippen LogP contribution is 2.29. The monoisotopic (exact) mass is 409 g/mol. The summed E-state index contributed by atoms with van der Waals surface area (Å²) in [7, 11) is 0. The van der Waals surface area contributed by atoms with Gasteiger partial charge in [-0.15, -0.1) is 0 Å². The van der Waals surface area contributed by atoms with Crippen LogP contribution >= 0.6 is 11.8 Å². The van der Waals surface area contributed by atoms with E-state index in [1.54, 1.807) is 29.8 Å². The van der Waals surface area contributed by atoms with Crippen molar-refractivity contribution in [1.82, 2.24) is 14.4 Å². The number of anilines is 1. The van der Waals surface area contributed by atoms with Crippen LogP contribution in [0.2, 0.25) is 0 Å². The van der Waals surface area contributed by atoms with Crippen LogP contribution in [0, 0.1) is 0 Å². The number of nitrogens with zero attached hydrogens (tertiary/aromatic N) is 4. The second kappa shape index (κ2) is 9.24. The van der Waals surface area contributed by atoms with Gasteiger partial charge in [-0.25, -0.2) is 9.97 Å². The fourth-order valence-electron chi connectivity index (χ4n) is 2.58. The van der Waals surface area contributed by atoms with Gasteiger partial charge in [0.05, 0.1) is 0 Å². The van der Waals surface area contributed by atoms with Crippen LogP contribution in [0.15, 0.2) is 69.4 Å². The van der Waals surface area contributed by atoms with Crippen molar-refractivity contribution in [2.45, 2.75) is 36.6 Å². The summed E-state index contributed by atoms with van der Waals surface area (Å²) in [6, 6.07) is 9.48. The number of carbonyl (C=O) groups is 1. The Hall–Kier alpha value is -3.33. The second-order valence-corrected chi connectivity index (χ2v) is 7.49. The van der Waals surface area contributed by atoms with Crippen LogP contribution in [0.25, 0.3) is 5.65 Å². The van der Waals surface area contributed by atoms with Crippen molar-refractivity contribution < 1.29 is 4.79 Å². The van der Waals surface area contributed by atoms with Crippen molar-refractivity contribution in [3.05, 3.63) is 54.5 Å². The number of nitrogens with two attached hydrogens (primary N) is 2. The summed E-state index contributed by atoms with van der Waals surface area (Å²) in [5.41, 5.74) is 13.6. The Labute approximate surface area is 173 Å². The molecule has 0 unspecified atom stereocenters. The first kappa shape index (κ1) is 20.4. The topological polar surface area (TPSA) is 124 Å². The van der Waals surface area contributed by atoms with Crippen LogP contribution in [0.1, 0.15) is 26.7 Å². The van der Waals surface area contributed by atoms with Crippen LogP contribution < -0.4 is 16.8 Å². The minimum Gasteiger partial charge on any atom is -0.402 e. The molecule has 9 heteroatoms. The number of rotatable bonds is 7. The van der Waals surface area contributed by atoms with Crippen molar-refractivity contribution in [3.63, 3.8) is 0 Å². The summed E-state index contributed by atoms with van der Waals surface area (Å²) in [5, 5.41) is 3.60. The van der Waals surface area contributed by atoms with Crippen molar-refractivity contribution in [2.24, 2.45) is 16.5 Å². The quantitative estimate of drug-likeness (QED) is 0.312. The first-order chi connectivity index (χ1) is 13.9. The summed E-state index contributed by atoms with van der Waals surface area (Å²) < 4.78 is 1.75. The van der Waals surface area contributed by atoms with E-state index in [4.69, 9.17) is 11.5 Å². The summed E-state index contributed by atoms with van der Waals surface area (Å²) in [6.45, 7) is 3.71. The Morgan fingerprint density at radius 1 is 1.31 bits per heavy atom. The Balaban J connectivity index is 1.83. The predicted molar refractivity (Wildman–Crippen MR) is 116 cm³/mol. The Morgan fingerprint density at radius 2 is 2.07 bits per heavy atom. The van der Waals surface area contributed by atoms with Crippen molar-refractivity contribution >= 4 is 40.8 Å². The standard InChI is InChI=1S/C20H23N7OS/c1-3-4-18(28)24-14-5-7-15(8-6-14)29-19-12-17-23-9-10-27(17)20(26-19)25-16(22)11-13(2)21/h5-12H,3-4,21H2,1-2H3,(H,24,28)(H2,22,25,26)/b13-11-. The molecule has 0 spiro atoms. The van der Waals surface area contributed by atoms with Crippen LogP contribution in [0.5, 0.6) is 0 Å². The third kappa shape index (κ3) is 5.58. The summed E-state index contributed by atoms with van der Waals surface area (Å²) in [4.78, 5) is 26.0. The molecule has 2 aromatic heterocycles. The highest BCUT2D eigenvalue weighted by Gasteiger charge is 2.08. The number of nitrogens with one attached hydrogen (secondary N) is 1. The number of hydrogen-bond donors (Lipinski definition) is 3. The molecule has 0 saturated carbocycles. The lowest BCUT2D eigenvalue weighted by Crippen LogP contribution is -2.10. The Bertz CT molecular complexity index is 1070. The van der Waals surface area contributed by atoms with E-state index in [0.717, 1.165) is 22.0 Å². The van der Waals surface area contributed by atoms with Gasteiger partial charge in [-0.3, -0.25) is 9.20 Å². The maximum Gasteiger partial charge on any atom is 0.238 e.